The van der Waals surface area contributed by atoms with Crippen LogP contribution in [0, 0.1) is 0 Å². The summed E-state index contributed by atoms with van der Waals surface area (Å²) in [5.74, 6) is 2.10. The van der Waals surface area contributed by atoms with Crippen LogP contribution in [0.5, 0.6) is 5.88 Å². The van der Waals surface area contributed by atoms with Crippen LogP contribution in [0.2, 0.25) is 0 Å². The molecule has 1 heterocycles. The summed E-state index contributed by atoms with van der Waals surface area (Å²) in [4.78, 5) is 3.16. The second-order valence-corrected chi connectivity index (χ2v) is 4.86. The lowest BCUT2D eigenvalue weighted by Gasteiger charge is -2.08. The Morgan fingerprint density at radius 1 is 1.47 bits per heavy atom. The molecule has 0 saturated heterocycles. The van der Waals surface area contributed by atoms with Crippen LogP contribution in [0.25, 0.3) is 0 Å². The quantitative estimate of drug-likeness (QED) is 0.509. The molecule has 0 aliphatic carbocycles. The lowest BCUT2D eigenvalue weighted by molar-refractivity contribution is -0.682. The highest BCUT2D eigenvalue weighted by atomic mass is 32.2. The molecule has 0 saturated carbocycles. The van der Waals surface area contributed by atoms with E-state index in [4.69, 9.17) is 17.7 Å². The van der Waals surface area contributed by atoms with Gasteiger partial charge in [0.2, 0.25) is 0 Å². The van der Waals surface area contributed by atoms with Crippen molar-refractivity contribution in [1.29, 1.82) is 0 Å². The number of aryl methyl sites for hydroxylation is 1. The largest absolute Gasteiger partial charge is 0.741 e. The zero-order valence-electron chi connectivity index (χ0n) is 10.6. The van der Waals surface area contributed by atoms with E-state index in [1.807, 2.05) is 17.8 Å². The summed E-state index contributed by atoms with van der Waals surface area (Å²) in [6.45, 7) is 2.16. The molecule has 0 spiro atoms. The standard InChI is InChI=1S/C8H14N2O.CHF3O3S/c1-4-5-7-9-6-8(11-3)10(7)2;2-1(3,4)8(5,6)7/h6H,4-5H2,1-3H3;(H,5,6,7). The van der Waals surface area contributed by atoms with E-state index in [-0.39, 0.29) is 0 Å². The predicted molar refractivity (Wildman–Crippen MR) is 58.3 cm³/mol. The summed E-state index contributed by atoms with van der Waals surface area (Å²) in [5, 5.41) is 0. The maximum absolute atomic E-state index is 10.7. The minimum atomic E-state index is -6.09. The first-order valence-corrected chi connectivity index (χ1v) is 6.57. The van der Waals surface area contributed by atoms with Gasteiger partial charge in [-0.25, -0.2) is 18.0 Å². The average molecular weight is 304 g/mol. The van der Waals surface area contributed by atoms with Crippen molar-refractivity contribution in [2.75, 3.05) is 7.11 Å². The van der Waals surface area contributed by atoms with Gasteiger partial charge in [-0.3, -0.25) is 0 Å². The van der Waals surface area contributed by atoms with Gasteiger partial charge >= 0.3 is 11.4 Å². The van der Waals surface area contributed by atoms with Crippen LogP contribution in [-0.4, -0.2) is 30.6 Å². The number of methoxy groups -OCH3 is 1. The fourth-order valence-electron chi connectivity index (χ4n) is 1.14. The third-order valence-electron chi connectivity index (χ3n) is 2.08. The van der Waals surface area contributed by atoms with Crippen molar-refractivity contribution < 1.29 is 35.4 Å². The highest BCUT2D eigenvalue weighted by Gasteiger charge is 2.36. The minimum absolute atomic E-state index is 0.883. The van der Waals surface area contributed by atoms with Gasteiger partial charge in [0.25, 0.3) is 5.82 Å². The Bertz CT molecular complexity index is 496. The Morgan fingerprint density at radius 3 is 2.21 bits per heavy atom. The average Bonchev–Trinajstić information content (AvgIpc) is 2.59. The van der Waals surface area contributed by atoms with Gasteiger partial charge < -0.3 is 9.29 Å². The molecule has 0 fully saturated rings. The molecule has 19 heavy (non-hydrogen) atoms. The molecule has 6 nitrogen and oxygen atoms in total. The Labute approximate surface area is 109 Å². The third-order valence-corrected chi connectivity index (χ3v) is 2.64. The maximum atomic E-state index is 10.7. The third kappa shape index (κ3) is 5.47. The number of alkyl halides is 3. The van der Waals surface area contributed by atoms with Crippen LogP contribution >= 0.6 is 0 Å². The number of rotatable bonds is 3. The van der Waals surface area contributed by atoms with Gasteiger partial charge in [-0.15, -0.1) is 0 Å². The van der Waals surface area contributed by atoms with Crippen molar-refractivity contribution in [2.45, 2.75) is 25.3 Å². The van der Waals surface area contributed by atoms with Crippen molar-refractivity contribution >= 4 is 10.1 Å². The molecule has 1 aromatic heterocycles. The normalized spacial score (nSPS) is 11.7. The Morgan fingerprint density at radius 2 is 1.95 bits per heavy atom. The molecule has 0 aliphatic rings. The van der Waals surface area contributed by atoms with Crippen molar-refractivity contribution in [1.82, 2.24) is 4.98 Å². The van der Waals surface area contributed by atoms with E-state index in [1.54, 1.807) is 7.11 Å². The second-order valence-electron chi connectivity index (χ2n) is 3.49. The lowest BCUT2D eigenvalue weighted by atomic mass is 10.3. The topological polar surface area (TPSA) is 86.1 Å². The summed E-state index contributed by atoms with van der Waals surface area (Å²) in [7, 11) is -2.41. The summed E-state index contributed by atoms with van der Waals surface area (Å²) in [6, 6.07) is 0. The molecule has 0 aromatic carbocycles. The number of ether oxygens (including phenoxy) is 1. The van der Waals surface area contributed by atoms with Gasteiger partial charge in [-0.2, -0.15) is 13.2 Å². The number of imidazole rings is 1. The highest BCUT2D eigenvalue weighted by molar-refractivity contribution is 7.86. The Hall–Kier alpha value is -1.29. The fraction of sp³-hybridized carbons (Fsp3) is 0.667. The van der Waals surface area contributed by atoms with Crippen LogP contribution in [0.4, 0.5) is 13.2 Å². The van der Waals surface area contributed by atoms with Crippen molar-refractivity contribution in [2.24, 2.45) is 7.05 Å². The molecule has 0 amide bonds. The van der Waals surface area contributed by atoms with Crippen molar-refractivity contribution in [3.8, 4) is 5.88 Å². The lowest BCUT2D eigenvalue weighted by Crippen LogP contribution is -2.32. The van der Waals surface area contributed by atoms with Crippen molar-refractivity contribution in [3.05, 3.63) is 12.0 Å². The number of hydrogen-bond acceptors (Lipinski definition) is 4. The zero-order valence-corrected chi connectivity index (χ0v) is 11.4. The molecule has 0 atom stereocenters. The van der Waals surface area contributed by atoms with Crippen LogP contribution in [0.15, 0.2) is 6.20 Å². The number of H-pyrrole nitrogens is 1. The molecule has 0 bridgehead atoms. The monoisotopic (exact) mass is 304 g/mol. The molecule has 0 aliphatic heterocycles. The van der Waals surface area contributed by atoms with Gasteiger partial charge in [0.1, 0.15) is 0 Å². The molecule has 0 radical (unpaired) electrons. The van der Waals surface area contributed by atoms with Gasteiger partial charge in [-0.1, -0.05) is 6.92 Å². The molecule has 10 heteroatoms. The predicted octanol–water partition coefficient (Wildman–Crippen LogP) is 0.852. The molecular formula is C9H15F3N2O4S. The van der Waals surface area contributed by atoms with E-state index in [1.165, 1.54) is 5.82 Å². The van der Waals surface area contributed by atoms with E-state index >= 15 is 0 Å². The summed E-state index contributed by atoms with van der Waals surface area (Å²) >= 11 is 0. The molecule has 1 rings (SSSR count). The van der Waals surface area contributed by atoms with Gasteiger partial charge in [0.05, 0.1) is 14.2 Å². The molecule has 1 aromatic rings. The van der Waals surface area contributed by atoms with E-state index in [0.717, 1.165) is 18.7 Å². The number of aromatic nitrogens is 2. The molecule has 1 N–H and O–H groups in total. The first kappa shape index (κ1) is 17.7. The Kier molecular flexibility index (Phi) is 6.30. The minimum Gasteiger partial charge on any atom is -0.741 e. The number of nitrogens with one attached hydrogen (secondary N) is 1. The maximum Gasteiger partial charge on any atom is 0.485 e. The number of hydrogen-bond donors (Lipinski definition) is 1. The molecule has 0 unspecified atom stereocenters. The van der Waals surface area contributed by atoms with E-state index < -0.39 is 15.6 Å². The van der Waals surface area contributed by atoms with Crippen molar-refractivity contribution in [3.63, 3.8) is 0 Å². The van der Waals surface area contributed by atoms with E-state index in [2.05, 4.69) is 11.9 Å². The first-order chi connectivity index (χ1) is 8.54. The SMILES string of the molecule is CCCc1[nH]cc(OC)[n+]1C.O=S(=O)([O-])C(F)(F)F. The summed E-state index contributed by atoms with van der Waals surface area (Å²) in [6.07, 6.45) is 4.10. The summed E-state index contributed by atoms with van der Waals surface area (Å²) < 4.78 is 66.0. The van der Waals surface area contributed by atoms with Crippen LogP contribution in [-0.2, 0) is 23.6 Å². The van der Waals surface area contributed by atoms with Crippen LogP contribution < -0.4 is 9.30 Å². The van der Waals surface area contributed by atoms with Gasteiger partial charge in [0.15, 0.2) is 16.3 Å². The van der Waals surface area contributed by atoms with Crippen LogP contribution in [0.3, 0.4) is 0 Å². The fourth-order valence-corrected chi connectivity index (χ4v) is 1.14. The first-order valence-electron chi connectivity index (χ1n) is 5.17. The number of halogens is 3. The van der Waals surface area contributed by atoms with Gasteiger partial charge in [-0.05, 0) is 6.42 Å². The number of nitrogens with zero attached hydrogens (tertiary/aromatic N) is 1. The smallest absolute Gasteiger partial charge is 0.485 e. The summed E-state index contributed by atoms with van der Waals surface area (Å²) in [5.41, 5.74) is -5.65. The Balaban J connectivity index is 0.000000362. The van der Waals surface area contributed by atoms with Gasteiger partial charge in [0, 0.05) is 6.42 Å². The zero-order chi connectivity index (χ0) is 15.3. The number of aromatic amines is 1. The highest BCUT2D eigenvalue weighted by Crippen LogP contribution is 2.20. The van der Waals surface area contributed by atoms with Crippen LogP contribution in [0.1, 0.15) is 19.2 Å². The van der Waals surface area contributed by atoms with E-state index in [9.17, 15) is 13.2 Å². The second kappa shape index (κ2) is 6.75. The molecular weight excluding hydrogens is 289 g/mol. The van der Waals surface area contributed by atoms with E-state index in [0.29, 0.717) is 0 Å². The molecule has 112 valence electrons.